The Hall–Kier alpha value is -3.30. The summed E-state index contributed by atoms with van der Waals surface area (Å²) in [5.74, 6) is -0.659. The van der Waals surface area contributed by atoms with Crippen LogP contribution < -0.4 is 22.0 Å². The maximum atomic E-state index is 11.5. The normalized spacial score (nSPS) is 10.5. The van der Waals surface area contributed by atoms with Gasteiger partial charge < -0.3 is 5.32 Å². The molecule has 0 fully saturated rings. The third-order valence-electron chi connectivity index (χ3n) is 2.20. The first-order valence-corrected chi connectivity index (χ1v) is 5.81. The minimum atomic E-state index is -0.727. The molecule has 0 aliphatic heterocycles. The van der Waals surface area contributed by atoms with Crippen LogP contribution in [-0.4, -0.2) is 38.8 Å². The quantitative estimate of drug-likeness (QED) is 0.386. The molecule has 0 bridgehead atoms. The number of anilines is 1. The van der Waals surface area contributed by atoms with Crippen LogP contribution >= 0.6 is 0 Å². The van der Waals surface area contributed by atoms with E-state index in [9.17, 15) is 14.4 Å². The first kappa shape index (κ1) is 14.1. The lowest BCUT2D eigenvalue weighted by molar-refractivity contribution is -0.119. The summed E-state index contributed by atoms with van der Waals surface area (Å²) in [5, 5.41) is 11.7. The summed E-state index contributed by atoms with van der Waals surface area (Å²) in [5.41, 5.74) is 1.39. The van der Waals surface area contributed by atoms with Crippen molar-refractivity contribution in [2.45, 2.75) is 0 Å². The number of pyridine rings is 1. The van der Waals surface area contributed by atoms with Crippen LogP contribution in [0.2, 0.25) is 0 Å². The zero-order valence-corrected chi connectivity index (χ0v) is 10.7. The number of aromatic nitrogens is 4. The molecule has 2 aromatic heterocycles. The van der Waals surface area contributed by atoms with E-state index in [2.05, 4.69) is 25.9 Å². The van der Waals surface area contributed by atoms with Gasteiger partial charge in [0.25, 0.3) is 11.5 Å². The number of nitrogens with one attached hydrogen (secondary N) is 4. The topological polar surface area (TPSA) is 145 Å². The van der Waals surface area contributed by atoms with E-state index < -0.39 is 17.2 Å². The van der Waals surface area contributed by atoms with Gasteiger partial charge in [-0.3, -0.25) is 19.6 Å². The van der Waals surface area contributed by atoms with Crippen LogP contribution in [0, 0.1) is 0 Å². The molecule has 4 N–H and O–H groups in total. The highest BCUT2D eigenvalue weighted by Gasteiger charge is 2.04. The zero-order valence-electron chi connectivity index (χ0n) is 10.7. The van der Waals surface area contributed by atoms with E-state index in [0.29, 0.717) is 5.69 Å². The molecular weight excluding hydrogens is 278 g/mol. The molecule has 0 aromatic carbocycles. The number of hydrazone groups is 1. The number of H-pyrrole nitrogens is 2. The molecule has 1 amide bonds. The van der Waals surface area contributed by atoms with Crippen LogP contribution in [0.4, 0.5) is 5.82 Å². The summed E-state index contributed by atoms with van der Waals surface area (Å²) in [7, 11) is 0. The van der Waals surface area contributed by atoms with Crippen molar-refractivity contribution in [1.29, 1.82) is 0 Å². The highest BCUT2D eigenvalue weighted by molar-refractivity contribution is 5.83. The van der Waals surface area contributed by atoms with Gasteiger partial charge >= 0.3 is 5.69 Å². The Bertz CT molecular complexity index is 750. The number of amides is 1. The van der Waals surface area contributed by atoms with Crippen LogP contribution in [0.5, 0.6) is 0 Å². The van der Waals surface area contributed by atoms with Gasteiger partial charge in [-0.2, -0.15) is 5.10 Å². The molecule has 10 heteroatoms. The average Bonchev–Trinajstić information content (AvgIpc) is 2.47. The fourth-order valence-corrected chi connectivity index (χ4v) is 1.29. The summed E-state index contributed by atoms with van der Waals surface area (Å²) >= 11 is 0. The van der Waals surface area contributed by atoms with E-state index in [4.69, 9.17) is 0 Å². The Morgan fingerprint density at radius 2 is 2.24 bits per heavy atom. The minimum absolute atomic E-state index is 0.168. The Morgan fingerprint density at radius 3 is 2.95 bits per heavy atom. The van der Waals surface area contributed by atoms with Crippen LogP contribution in [-0.2, 0) is 4.79 Å². The van der Waals surface area contributed by atoms with E-state index >= 15 is 0 Å². The maximum absolute atomic E-state index is 11.5. The van der Waals surface area contributed by atoms with Crippen molar-refractivity contribution in [1.82, 2.24) is 25.6 Å². The Morgan fingerprint density at radius 1 is 1.38 bits per heavy atom. The number of nitrogens with zero attached hydrogens (tertiary/aromatic N) is 3. The molecule has 2 rings (SSSR count). The molecule has 0 saturated carbocycles. The zero-order chi connectivity index (χ0) is 15.1. The van der Waals surface area contributed by atoms with Crippen molar-refractivity contribution in [3.63, 3.8) is 0 Å². The summed E-state index contributed by atoms with van der Waals surface area (Å²) in [6.07, 6.45) is 2.97. The van der Waals surface area contributed by atoms with Gasteiger partial charge in [-0.15, -0.1) is 5.10 Å². The van der Waals surface area contributed by atoms with Gasteiger partial charge in [-0.1, -0.05) is 6.07 Å². The van der Waals surface area contributed by atoms with Crippen molar-refractivity contribution >= 4 is 17.9 Å². The molecule has 0 saturated heterocycles. The third-order valence-corrected chi connectivity index (χ3v) is 2.20. The Kier molecular flexibility index (Phi) is 4.54. The molecule has 0 atom stereocenters. The van der Waals surface area contributed by atoms with E-state index in [0.717, 1.165) is 0 Å². The van der Waals surface area contributed by atoms with Crippen molar-refractivity contribution < 1.29 is 4.79 Å². The van der Waals surface area contributed by atoms with E-state index in [1.807, 2.05) is 10.1 Å². The van der Waals surface area contributed by atoms with Gasteiger partial charge in [-0.05, 0) is 12.1 Å². The van der Waals surface area contributed by atoms with Crippen molar-refractivity contribution in [3.8, 4) is 0 Å². The molecule has 0 unspecified atom stereocenters. The van der Waals surface area contributed by atoms with E-state index in [-0.39, 0.29) is 12.4 Å². The molecule has 21 heavy (non-hydrogen) atoms. The minimum Gasteiger partial charge on any atom is -0.355 e. The summed E-state index contributed by atoms with van der Waals surface area (Å²) in [4.78, 5) is 39.4. The summed E-state index contributed by atoms with van der Waals surface area (Å²) < 4.78 is 0. The first-order chi connectivity index (χ1) is 10.1. The van der Waals surface area contributed by atoms with E-state index in [1.165, 1.54) is 6.21 Å². The molecule has 0 aliphatic carbocycles. The molecule has 2 heterocycles. The van der Waals surface area contributed by atoms with Gasteiger partial charge in [0.2, 0.25) is 5.82 Å². The molecule has 2 aromatic rings. The summed E-state index contributed by atoms with van der Waals surface area (Å²) in [6, 6.07) is 5.26. The fourth-order valence-electron chi connectivity index (χ4n) is 1.29. The van der Waals surface area contributed by atoms with Gasteiger partial charge in [0.05, 0.1) is 18.5 Å². The monoisotopic (exact) mass is 289 g/mol. The number of carbonyl (C=O) groups is 1. The van der Waals surface area contributed by atoms with Gasteiger partial charge in [-0.25, -0.2) is 15.3 Å². The lowest BCUT2D eigenvalue weighted by Crippen LogP contribution is -2.31. The second-order valence-electron chi connectivity index (χ2n) is 3.76. The van der Waals surface area contributed by atoms with Crippen LogP contribution in [0.15, 0.2) is 39.1 Å². The largest absolute Gasteiger partial charge is 0.355 e. The van der Waals surface area contributed by atoms with Crippen molar-refractivity contribution in [2.24, 2.45) is 5.10 Å². The number of hydrogen-bond acceptors (Lipinski definition) is 7. The predicted molar refractivity (Wildman–Crippen MR) is 73.9 cm³/mol. The molecule has 0 spiro atoms. The maximum Gasteiger partial charge on any atom is 0.342 e. The van der Waals surface area contributed by atoms with Gasteiger partial charge in [0.1, 0.15) is 0 Å². The van der Waals surface area contributed by atoms with Gasteiger partial charge in [0, 0.05) is 6.20 Å². The lowest BCUT2D eigenvalue weighted by Gasteiger charge is -2.02. The Balaban J connectivity index is 1.84. The second-order valence-corrected chi connectivity index (χ2v) is 3.76. The van der Waals surface area contributed by atoms with Crippen LogP contribution in [0.3, 0.4) is 0 Å². The van der Waals surface area contributed by atoms with Crippen LogP contribution in [0.1, 0.15) is 5.69 Å². The Labute approximate surface area is 117 Å². The number of rotatable bonds is 5. The summed E-state index contributed by atoms with van der Waals surface area (Å²) in [6.45, 7) is -0.234. The first-order valence-electron chi connectivity index (χ1n) is 5.81. The molecule has 0 aliphatic rings. The molecular formula is C11H11N7O3. The van der Waals surface area contributed by atoms with Crippen molar-refractivity contribution in [2.75, 3.05) is 11.9 Å². The number of carbonyl (C=O) groups excluding carboxylic acids is 1. The van der Waals surface area contributed by atoms with Crippen molar-refractivity contribution in [3.05, 3.63) is 50.9 Å². The third kappa shape index (κ3) is 4.38. The number of hydrogen-bond donors (Lipinski definition) is 4. The molecule has 10 nitrogen and oxygen atoms in total. The second kappa shape index (κ2) is 6.75. The smallest absolute Gasteiger partial charge is 0.342 e. The van der Waals surface area contributed by atoms with E-state index in [1.54, 1.807) is 24.4 Å². The average molecular weight is 289 g/mol. The highest BCUT2D eigenvalue weighted by Crippen LogP contribution is 1.88. The lowest BCUT2D eigenvalue weighted by atomic mass is 10.4. The SMILES string of the molecule is O=C(CNc1n[nH]c(=O)[nH]c1=O)N/N=C\c1ccccn1. The highest BCUT2D eigenvalue weighted by atomic mass is 16.2. The predicted octanol–water partition coefficient (Wildman–Crippen LogP) is -1.58. The fraction of sp³-hybridized carbons (Fsp3) is 0.0909. The number of aromatic amines is 2. The molecule has 108 valence electrons. The molecule has 0 radical (unpaired) electrons. The van der Waals surface area contributed by atoms with Gasteiger partial charge in [0.15, 0.2) is 0 Å². The van der Waals surface area contributed by atoms with Crippen LogP contribution in [0.25, 0.3) is 0 Å². The standard InChI is InChI=1S/C11H11N7O3/c19-8(16-14-5-7-3-1-2-4-12-7)6-13-9-10(20)15-11(21)18-17-9/h1-5H,6H2,(H,13,17)(H,16,19)(H2,15,18,20,21)/b14-5-.